The van der Waals surface area contributed by atoms with E-state index in [9.17, 15) is 40.8 Å². The van der Waals surface area contributed by atoms with E-state index in [2.05, 4.69) is 20.3 Å². The Balaban J connectivity index is 1.23. The number of carbonyl (C=O) groups excluding carboxylic acids is 4. The third-order valence-electron chi connectivity index (χ3n) is 10.1. The van der Waals surface area contributed by atoms with Crippen LogP contribution in [0, 0.1) is 31.6 Å². The molecule has 6 rings (SSSR count). The molecule has 3 fully saturated rings. The highest BCUT2D eigenvalue weighted by Crippen LogP contribution is 2.47. The minimum absolute atomic E-state index is 0.0480. The topological polar surface area (TPSA) is 164 Å². The van der Waals surface area contributed by atoms with E-state index < -0.39 is 74.3 Å². The maximum Gasteiger partial charge on any atom is 0.416 e. The Hall–Kier alpha value is -3.99. The van der Waals surface area contributed by atoms with Crippen molar-refractivity contribution in [3.05, 3.63) is 46.5 Å². The molecule has 0 radical (unpaired) electrons. The number of anilines is 1. The molecular weight excluding hydrogens is 712 g/mol. The molecule has 0 spiro atoms. The average molecular weight is 752 g/mol. The molecule has 17 heteroatoms. The summed E-state index contributed by atoms with van der Waals surface area (Å²) in [4.78, 5) is 61.2. The van der Waals surface area contributed by atoms with Crippen molar-refractivity contribution in [3.63, 3.8) is 0 Å². The summed E-state index contributed by atoms with van der Waals surface area (Å²) in [6, 6.07) is 2.94. The molecule has 1 aliphatic heterocycles. The number of amides is 4. The van der Waals surface area contributed by atoms with Crippen molar-refractivity contribution in [1.82, 2.24) is 19.9 Å². The third-order valence-corrected chi connectivity index (χ3v) is 13.0. The van der Waals surface area contributed by atoms with Gasteiger partial charge in [-0.25, -0.2) is 18.2 Å². The number of aryl methyl sites for hydroxylation is 2. The molecule has 4 aliphatic rings. The molecule has 1 aromatic carbocycles. The Labute approximate surface area is 297 Å². The maximum atomic E-state index is 14.0. The fourth-order valence-corrected chi connectivity index (χ4v) is 9.10. The molecular formula is C34H40F3N5O7S2. The molecule has 4 amide bonds. The number of ether oxygens (including phenoxy) is 1. The van der Waals surface area contributed by atoms with Gasteiger partial charge >= 0.3 is 12.3 Å². The van der Waals surface area contributed by atoms with Gasteiger partial charge in [0.15, 0.2) is 0 Å². The number of carbonyl (C=O) groups is 4. The van der Waals surface area contributed by atoms with Gasteiger partial charge < -0.3 is 15.0 Å². The number of nitrogens with zero attached hydrogens (tertiary/aromatic N) is 2. The zero-order valence-corrected chi connectivity index (χ0v) is 30.0. The zero-order chi connectivity index (χ0) is 36.9. The van der Waals surface area contributed by atoms with Crippen LogP contribution in [0.25, 0.3) is 10.6 Å². The summed E-state index contributed by atoms with van der Waals surface area (Å²) in [6.45, 7) is 4.01. The number of alkyl halides is 3. The number of aromatic nitrogens is 1. The maximum absolute atomic E-state index is 14.0. The molecule has 3 aliphatic carbocycles. The van der Waals surface area contributed by atoms with Crippen LogP contribution in [0.2, 0.25) is 0 Å². The van der Waals surface area contributed by atoms with Crippen molar-refractivity contribution in [2.45, 2.75) is 88.3 Å². The fourth-order valence-electron chi connectivity index (χ4n) is 6.78. The lowest BCUT2D eigenvalue weighted by atomic mass is 9.93. The minimum atomic E-state index is -4.69. The molecule has 0 saturated heterocycles. The molecule has 2 heterocycles. The van der Waals surface area contributed by atoms with Gasteiger partial charge in [0.05, 0.1) is 34.0 Å². The number of rotatable bonds is 6. The second kappa shape index (κ2) is 13.9. The number of thiazole rings is 1. The standard InChI is InChI=1S/C34H40F3N5O7S2/c1-18-19(2)50-29(38-18)24-12-9-20(34(35,36)37)14-27(24)39-32(46)49-22-15-25-26(16-22)30(44)42(3)13-7-5-4-6-8-21-17-33(21,40-28(25)43)31(45)41-51(47,48)23-10-11-23/h6,8-9,12,14,21-23,25-26H,4-5,7,10-11,13,15-17H2,1-3H3,(H,39,46)(H,40,43)(H,41,45)/b8-6-/t21-,22-,25-,26-,33-/m1/s1. The van der Waals surface area contributed by atoms with Crippen molar-refractivity contribution in [1.29, 1.82) is 0 Å². The molecule has 5 atom stereocenters. The van der Waals surface area contributed by atoms with Gasteiger partial charge in [0.2, 0.25) is 21.8 Å². The van der Waals surface area contributed by atoms with Crippen molar-refractivity contribution < 1.29 is 45.5 Å². The lowest BCUT2D eigenvalue weighted by Gasteiger charge is -2.26. The molecule has 3 saturated carbocycles. The highest BCUT2D eigenvalue weighted by atomic mass is 32.2. The van der Waals surface area contributed by atoms with Crippen molar-refractivity contribution >= 4 is 50.9 Å². The van der Waals surface area contributed by atoms with Crippen LogP contribution in [0.4, 0.5) is 23.7 Å². The van der Waals surface area contributed by atoms with E-state index in [1.807, 2.05) is 19.1 Å². The number of nitrogens with one attached hydrogen (secondary N) is 3. The summed E-state index contributed by atoms with van der Waals surface area (Å²) >= 11 is 1.26. The summed E-state index contributed by atoms with van der Waals surface area (Å²) in [7, 11) is -2.29. The van der Waals surface area contributed by atoms with E-state index in [1.54, 1.807) is 14.0 Å². The number of halogens is 3. The number of benzene rings is 1. The van der Waals surface area contributed by atoms with Crippen LogP contribution in [0.3, 0.4) is 0 Å². The zero-order valence-electron chi connectivity index (χ0n) is 28.3. The highest BCUT2D eigenvalue weighted by molar-refractivity contribution is 7.91. The summed E-state index contributed by atoms with van der Waals surface area (Å²) in [5, 5.41) is 4.95. The number of hydrogen-bond donors (Lipinski definition) is 3. The first-order valence-corrected chi connectivity index (χ1v) is 19.3. The van der Waals surface area contributed by atoms with E-state index >= 15 is 0 Å². The Morgan fingerprint density at radius 1 is 1.12 bits per heavy atom. The van der Waals surface area contributed by atoms with Gasteiger partial charge in [-0.05, 0) is 83.4 Å². The predicted molar refractivity (Wildman–Crippen MR) is 182 cm³/mol. The Morgan fingerprint density at radius 2 is 1.84 bits per heavy atom. The molecule has 51 heavy (non-hydrogen) atoms. The highest BCUT2D eigenvalue weighted by Gasteiger charge is 2.62. The summed E-state index contributed by atoms with van der Waals surface area (Å²) in [5.41, 5.74) is -1.73. The van der Waals surface area contributed by atoms with Crippen LogP contribution >= 0.6 is 11.3 Å². The molecule has 0 unspecified atom stereocenters. The molecule has 276 valence electrons. The quantitative estimate of drug-likeness (QED) is 0.345. The number of sulfonamides is 1. The number of hydrogen-bond acceptors (Lipinski definition) is 9. The van der Waals surface area contributed by atoms with E-state index in [1.165, 1.54) is 22.3 Å². The van der Waals surface area contributed by atoms with Crippen LogP contribution in [-0.2, 0) is 35.3 Å². The Morgan fingerprint density at radius 3 is 2.51 bits per heavy atom. The van der Waals surface area contributed by atoms with E-state index in [0.717, 1.165) is 23.4 Å². The van der Waals surface area contributed by atoms with Crippen LogP contribution in [-0.4, -0.2) is 72.6 Å². The van der Waals surface area contributed by atoms with E-state index in [0.29, 0.717) is 42.9 Å². The lowest BCUT2D eigenvalue weighted by molar-refractivity contribution is -0.140. The van der Waals surface area contributed by atoms with Crippen molar-refractivity contribution in [2.75, 3.05) is 18.9 Å². The molecule has 0 bridgehead atoms. The third kappa shape index (κ3) is 7.93. The summed E-state index contributed by atoms with van der Waals surface area (Å²) < 4.78 is 74.1. The monoisotopic (exact) mass is 751 g/mol. The Bertz CT molecular complexity index is 1860. The Kier molecular flexibility index (Phi) is 10.00. The number of fused-ring (bicyclic) bond motifs is 2. The van der Waals surface area contributed by atoms with E-state index in [-0.39, 0.29) is 36.4 Å². The minimum Gasteiger partial charge on any atom is -0.446 e. The second-order valence-electron chi connectivity index (χ2n) is 13.9. The van der Waals surface area contributed by atoms with Crippen LogP contribution in [0.5, 0.6) is 0 Å². The molecule has 1 aromatic heterocycles. The van der Waals surface area contributed by atoms with Gasteiger partial charge in [0.25, 0.3) is 5.91 Å². The van der Waals surface area contributed by atoms with Gasteiger partial charge in [-0.1, -0.05) is 12.2 Å². The SMILES string of the molecule is Cc1nc(-c2ccc(C(F)(F)F)cc2NC(=O)O[C@@H]2C[C@H]3C(=O)N[C@]4(C(=O)NS(=O)(=O)C5CC5)C[C@H]4/C=C\CCCCN(C)C(=O)[C@@H]3C2)sc1C. The normalized spacial score (nSPS) is 27.8. The van der Waals surface area contributed by atoms with Gasteiger partial charge in [-0.2, -0.15) is 13.2 Å². The van der Waals surface area contributed by atoms with Gasteiger partial charge in [-0.15, -0.1) is 11.3 Å². The summed E-state index contributed by atoms with van der Waals surface area (Å²) in [6.07, 6.45) is -0.0575. The van der Waals surface area contributed by atoms with Crippen molar-refractivity contribution in [3.8, 4) is 10.6 Å². The smallest absolute Gasteiger partial charge is 0.416 e. The predicted octanol–water partition coefficient (Wildman–Crippen LogP) is 5.07. The largest absolute Gasteiger partial charge is 0.446 e. The van der Waals surface area contributed by atoms with Crippen LogP contribution in [0.15, 0.2) is 30.4 Å². The van der Waals surface area contributed by atoms with Gasteiger partial charge in [0.1, 0.15) is 16.7 Å². The summed E-state index contributed by atoms with van der Waals surface area (Å²) in [5.74, 6) is -4.29. The average Bonchev–Trinajstić information content (AvgIpc) is 3.96. The number of allylic oxidation sites excluding steroid dienone is 1. The van der Waals surface area contributed by atoms with Crippen molar-refractivity contribution in [2.24, 2.45) is 17.8 Å². The molecule has 3 N–H and O–H groups in total. The first kappa shape index (κ1) is 36.8. The first-order chi connectivity index (χ1) is 24.0. The molecule has 12 nitrogen and oxygen atoms in total. The lowest BCUT2D eigenvalue weighted by Crippen LogP contribution is -2.54. The molecule has 2 aromatic rings. The van der Waals surface area contributed by atoms with Crippen LogP contribution < -0.4 is 15.4 Å². The van der Waals surface area contributed by atoms with Crippen LogP contribution in [0.1, 0.15) is 67.5 Å². The second-order valence-corrected chi connectivity index (χ2v) is 17.0. The van der Waals surface area contributed by atoms with Gasteiger partial charge in [-0.3, -0.25) is 24.4 Å². The van der Waals surface area contributed by atoms with E-state index in [4.69, 9.17) is 4.74 Å². The van der Waals surface area contributed by atoms with Gasteiger partial charge in [0, 0.05) is 30.0 Å². The fraction of sp³-hybridized carbons (Fsp3) is 0.559. The first-order valence-electron chi connectivity index (χ1n) is 16.9.